The molecule has 198 valence electrons. The third-order valence-corrected chi connectivity index (χ3v) is 6.35. The zero-order valence-corrected chi connectivity index (χ0v) is 20.3. The van der Waals surface area contributed by atoms with Crippen LogP contribution in [0.5, 0.6) is 23.0 Å². The Balaban J connectivity index is 1.67. The highest BCUT2D eigenvalue weighted by molar-refractivity contribution is 5.88. The molecule has 0 spiro atoms. The van der Waals surface area contributed by atoms with Crippen LogP contribution in [-0.4, -0.2) is 62.2 Å². The van der Waals surface area contributed by atoms with Crippen molar-refractivity contribution in [1.29, 1.82) is 0 Å². The van der Waals surface area contributed by atoms with E-state index in [2.05, 4.69) is 0 Å². The highest BCUT2D eigenvalue weighted by atomic mass is 16.7. The molecule has 1 saturated heterocycles. The number of fused-ring (bicyclic) bond motifs is 1. The lowest BCUT2D eigenvalue weighted by molar-refractivity contribution is -0.273. The van der Waals surface area contributed by atoms with Gasteiger partial charge in [-0.3, -0.25) is 9.59 Å². The number of phenolic OH excluding ortho intramolecular Hbond substituents is 2. The van der Waals surface area contributed by atoms with Crippen LogP contribution in [0.3, 0.4) is 0 Å². The van der Waals surface area contributed by atoms with Gasteiger partial charge < -0.3 is 44.2 Å². The normalized spacial score (nSPS) is 24.5. The number of aliphatic hydroxyl groups is 2. The molecule has 2 heterocycles. The zero-order chi connectivity index (χ0) is 27.0. The number of aromatic hydroxyl groups is 3. The first-order valence-corrected chi connectivity index (χ1v) is 11.7. The molecular weight excluding hydrogens is 488 g/mol. The first-order chi connectivity index (χ1) is 17.5. The van der Waals surface area contributed by atoms with Crippen molar-refractivity contribution in [2.45, 2.75) is 57.9 Å². The average molecular weight is 516 g/mol. The fourth-order valence-electron chi connectivity index (χ4n) is 3.93. The molecule has 0 unspecified atom stereocenters. The first kappa shape index (κ1) is 26.3. The molecule has 4 rings (SSSR count). The summed E-state index contributed by atoms with van der Waals surface area (Å²) in [6, 6.07) is 7.88. The van der Waals surface area contributed by atoms with Crippen molar-refractivity contribution in [2.24, 2.45) is 5.92 Å². The van der Waals surface area contributed by atoms with Crippen LogP contribution in [0.25, 0.3) is 22.3 Å². The van der Waals surface area contributed by atoms with Gasteiger partial charge in [0, 0.05) is 17.7 Å². The van der Waals surface area contributed by atoms with E-state index < -0.39 is 59.5 Å². The Labute approximate surface area is 211 Å². The van der Waals surface area contributed by atoms with Gasteiger partial charge >= 0.3 is 5.97 Å². The second-order valence-electron chi connectivity index (χ2n) is 8.99. The van der Waals surface area contributed by atoms with E-state index in [9.17, 15) is 35.1 Å². The summed E-state index contributed by atoms with van der Waals surface area (Å²) in [7, 11) is 0. The predicted octanol–water partition coefficient (Wildman–Crippen LogP) is 2.38. The standard InChI is InChI=1S/C26H28O11/c1-4-11(2)25(33)37-24-19(29)12(3)34-26(22(24)32)35-15-9-16(28)18-17(10-15)36-23(21(31)20(18)30)13-5-7-14(27)8-6-13/h5-12,19,22,24,26-29,31-32H,4H2,1-3H3/t11-,12+,19+,22-,24-,26+/m1/s1. The Hall–Kier alpha value is -3.80. The van der Waals surface area contributed by atoms with E-state index in [0.717, 1.165) is 6.07 Å². The molecule has 1 aliphatic rings. The van der Waals surface area contributed by atoms with E-state index in [1.807, 2.05) is 0 Å². The number of carbonyl (C=O) groups is 1. The summed E-state index contributed by atoms with van der Waals surface area (Å²) in [5.74, 6) is -2.64. The van der Waals surface area contributed by atoms with E-state index in [1.165, 1.54) is 37.3 Å². The van der Waals surface area contributed by atoms with E-state index in [0.29, 0.717) is 12.0 Å². The van der Waals surface area contributed by atoms with Crippen molar-refractivity contribution in [3.63, 3.8) is 0 Å². The second kappa shape index (κ2) is 10.3. The van der Waals surface area contributed by atoms with Gasteiger partial charge in [-0.05, 0) is 37.6 Å². The minimum atomic E-state index is -1.59. The van der Waals surface area contributed by atoms with Crippen LogP contribution in [0.2, 0.25) is 0 Å². The highest BCUT2D eigenvalue weighted by Gasteiger charge is 2.46. The van der Waals surface area contributed by atoms with Gasteiger partial charge in [-0.2, -0.15) is 0 Å². The molecule has 37 heavy (non-hydrogen) atoms. The van der Waals surface area contributed by atoms with Crippen molar-refractivity contribution in [3.8, 4) is 34.3 Å². The van der Waals surface area contributed by atoms with Crippen LogP contribution in [0.1, 0.15) is 27.2 Å². The van der Waals surface area contributed by atoms with Gasteiger partial charge in [-0.15, -0.1) is 0 Å². The number of rotatable bonds is 6. The monoisotopic (exact) mass is 516 g/mol. The molecule has 5 N–H and O–H groups in total. The number of hydrogen-bond donors (Lipinski definition) is 5. The second-order valence-corrected chi connectivity index (χ2v) is 8.99. The fraction of sp³-hybridized carbons (Fsp3) is 0.385. The fourth-order valence-corrected chi connectivity index (χ4v) is 3.93. The van der Waals surface area contributed by atoms with Crippen molar-refractivity contribution in [1.82, 2.24) is 0 Å². The van der Waals surface area contributed by atoms with Gasteiger partial charge in [0.1, 0.15) is 34.3 Å². The number of ether oxygens (including phenoxy) is 3. The Morgan fingerprint density at radius 2 is 1.76 bits per heavy atom. The Kier molecular flexibility index (Phi) is 7.30. The van der Waals surface area contributed by atoms with E-state index in [-0.39, 0.29) is 28.2 Å². The number of phenols is 2. The summed E-state index contributed by atoms with van der Waals surface area (Å²) in [5.41, 5.74) is -0.741. The summed E-state index contributed by atoms with van der Waals surface area (Å²) < 4.78 is 22.3. The lowest BCUT2D eigenvalue weighted by Gasteiger charge is -2.40. The molecule has 0 amide bonds. The van der Waals surface area contributed by atoms with Gasteiger partial charge in [0.15, 0.2) is 18.0 Å². The topological polar surface area (TPSA) is 176 Å². The van der Waals surface area contributed by atoms with Crippen LogP contribution in [0, 0.1) is 5.92 Å². The molecule has 6 atom stereocenters. The maximum atomic E-state index is 12.8. The Morgan fingerprint density at radius 3 is 2.41 bits per heavy atom. The number of aliphatic hydroxyl groups excluding tert-OH is 2. The van der Waals surface area contributed by atoms with Crippen LogP contribution in [-0.2, 0) is 14.3 Å². The van der Waals surface area contributed by atoms with Crippen molar-refractivity contribution in [2.75, 3.05) is 0 Å². The summed E-state index contributed by atoms with van der Waals surface area (Å²) in [4.78, 5) is 25.1. The van der Waals surface area contributed by atoms with Crippen molar-refractivity contribution in [3.05, 3.63) is 46.6 Å². The minimum absolute atomic E-state index is 0.0294. The molecule has 1 aromatic heterocycles. The maximum Gasteiger partial charge on any atom is 0.309 e. The quantitative estimate of drug-likeness (QED) is 0.304. The lowest BCUT2D eigenvalue weighted by Crippen LogP contribution is -2.59. The molecule has 0 radical (unpaired) electrons. The lowest BCUT2D eigenvalue weighted by atomic mass is 9.99. The van der Waals surface area contributed by atoms with E-state index >= 15 is 0 Å². The third-order valence-electron chi connectivity index (χ3n) is 6.35. The van der Waals surface area contributed by atoms with Gasteiger partial charge in [-0.1, -0.05) is 13.8 Å². The summed E-state index contributed by atoms with van der Waals surface area (Å²) in [6.45, 7) is 4.98. The molecule has 1 aliphatic heterocycles. The molecule has 0 bridgehead atoms. The van der Waals surface area contributed by atoms with Gasteiger partial charge in [0.2, 0.25) is 17.5 Å². The number of benzene rings is 2. The number of carbonyl (C=O) groups excluding carboxylic acids is 1. The van der Waals surface area contributed by atoms with Crippen molar-refractivity contribution >= 4 is 16.9 Å². The number of hydrogen-bond acceptors (Lipinski definition) is 11. The largest absolute Gasteiger partial charge is 0.508 e. The van der Waals surface area contributed by atoms with Crippen LogP contribution in [0.4, 0.5) is 0 Å². The molecule has 0 aliphatic carbocycles. The summed E-state index contributed by atoms with van der Waals surface area (Å²) >= 11 is 0. The molecule has 2 aromatic carbocycles. The van der Waals surface area contributed by atoms with Gasteiger partial charge in [-0.25, -0.2) is 0 Å². The van der Waals surface area contributed by atoms with Crippen LogP contribution in [0.15, 0.2) is 45.6 Å². The van der Waals surface area contributed by atoms with Crippen LogP contribution >= 0.6 is 0 Å². The number of esters is 1. The highest BCUT2D eigenvalue weighted by Crippen LogP contribution is 2.37. The Morgan fingerprint density at radius 1 is 1.08 bits per heavy atom. The first-order valence-electron chi connectivity index (χ1n) is 11.7. The maximum absolute atomic E-state index is 12.8. The molecule has 3 aromatic rings. The molecule has 0 saturated carbocycles. The zero-order valence-electron chi connectivity index (χ0n) is 20.3. The van der Waals surface area contributed by atoms with Gasteiger partial charge in [0.05, 0.1) is 12.0 Å². The third kappa shape index (κ3) is 5.06. The average Bonchev–Trinajstić information content (AvgIpc) is 2.86. The van der Waals surface area contributed by atoms with E-state index in [4.69, 9.17) is 18.6 Å². The van der Waals surface area contributed by atoms with Crippen LogP contribution < -0.4 is 10.2 Å². The molecule has 11 nitrogen and oxygen atoms in total. The van der Waals surface area contributed by atoms with E-state index in [1.54, 1.807) is 13.8 Å². The molecular formula is C26H28O11. The summed E-state index contributed by atoms with van der Waals surface area (Å²) in [5, 5.41) is 51.3. The smallest absolute Gasteiger partial charge is 0.309 e. The van der Waals surface area contributed by atoms with Gasteiger partial charge in [0.25, 0.3) is 0 Å². The molecule has 11 heteroatoms. The SMILES string of the molecule is CC[C@@H](C)C(=O)O[C@@H]1[C@@H](O)[C@H](C)O[C@@H](Oc2cc(O)c3c(=O)c(O)c(-c4ccc(O)cc4)oc3c2)[C@@H]1O. The summed E-state index contributed by atoms with van der Waals surface area (Å²) in [6.07, 6.45) is -6.02. The predicted molar refractivity (Wildman–Crippen MR) is 129 cm³/mol. The molecule has 1 fully saturated rings. The minimum Gasteiger partial charge on any atom is -0.508 e. The Bertz CT molecular complexity index is 1350. The van der Waals surface area contributed by atoms with Crippen molar-refractivity contribution < 1.29 is 49.0 Å².